The molecule has 6 nitrogen and oxygen atoms in total. The van der Waals surface area contributed by atoms with Gasteiger partial charge in [0.15, 0.2) is 5.78 Å². The van der Waals surface area contributed by atoms with E-state index in [1.54, 1.807) is 78.9 Å². The fraction of sp³-hybridized carbons (Fsp3) is 0.0645. The standard InChI is InChI=1S/C31H22F3N3O3/c1-40-26-16-6-5-15-25(26)37(30(35)39)21-12-7-11-20(17-21)27-22-13-8-14-24(31(32,33)34)28(22)36-18-23(27)29(38)19-9-3-2-4-10-19/h2-18H,1H3,(H2,35,39). The Bertz CT molecular complexity index is 1740. The SMILES string of the molecule is COc1ccccc1N(C(N)=O)c1cccc(-c2c(C(=O)c3ccccc3)cnc3c(C(F)(F)F)cccc23)c1. The van der Waals surface area contributed by atoms with Crippen molar-refractivity contribution in [3.8, 4) is 16.9 Å². The van der Waals surface area contributed by atoms with Crippen molar-refractivity contribution in [1.29, 1.82) is 0 Å². The Labute approximate surface area is 227 Å². The van der Waals surface area contributed by atoms with Crippen LogP contribution in [0, 0.1) is 0 Å². The normalized spacial score (nSPS) is 11.3. The number of nitrogens with zero attached hydrogens (tertiary/aromatic N) is 2. The molecule has 5 rings (SSSR count). The van der Waals surface area contributed by atoms with Crippen molar-refractivity contribution in [2.45, 2.75) is 6.18 Å². The highest BCUT2D eigenvalue weighted by atomic mass is 19.4. The molecule has 2 N–H and O–H groups in total. The molecule has 4 aromatic carbocycles. The van der Waals surface area contributed by atoms with Gasteiger partial charge >= 0.3 is 12.2 Å². The van der Waals surface area contributed by atoms with Crippen LogP contribution in [0.5, 0.6) is 5.75 Å². The number of pyridine rings is 1. The van der Waals surface area contributed by atoms with Gasteiger partial charge in [0.2, 0.25) is 0 Å². The number of urea groups is 1. The maximum Gasteiger partial charge on any atom is 0.418 e. The highest BCUT2D eigenvalue weighted by Gasteiger charge is 2.34. The van der Waals surface area contributed by atoms with E-state index in [1.165, 1.54) is 30.3 Å². The molecule has 0 atom stereocenters. The molecule has 1 heterocycles. The van der Waals surface area contributed by atoms with E-state index in [2.05, 4.69) is 4.98 Å². The molecule has 1 aromatic heterocycles. The van der Waals surface area contributed by atoms with Crippen LogP contribution in [0.1, 0.15) is 21.5 Å². The summed E-state index contributed by atoms with van der Waals surface area (Å²) in [6.07, 6.45) is -3.50. The van der Waals surface area contributed by atoms with E-state index in [9.17, 15) is 22.8 Å². The number of anilines is 2. The number of halogens is 3. The van der Waals surface area contributed by atoms with Gasteiger partial charge in [-0.15, -0.1) is 0 Å². The summed E-state index contributed by atoms with van der Waals surface area (Å²) < 4.78 is 47.2. The number of fused-ring (bicyclic) bond motifs is 1. The monoisotopic (exact) mass is 541 g/mol. The fourth-order valence-corrected chi connectivity index (χ4v) is 4.68. The van der Waals surface area contributed by atoms with Crippen molar-refractivity contribution in [2.24, 2.45) is 5.73 Å². The van der Waals surface area contributed by atoms with E-state index in [1.807, 2.05) is 0 Å². The Morgan fingerprint density at radius 3 is 2.27 bits per heavy atom. The third-order valence-electron chi connectivity index (χ3n) is 6.42. The minimum absolute atomic E-state index is 0.109. The van der Waals surface area contributed by atoms with E-state index < -0.39 is 23.6 Å². The second-order valence-electron chi connectivity index (χ2n) is 8.84. The third kappa shape index (κ3) is 4.84. The van der Waals surface area contributed by atoms with Gasteiger partial charge in [-0.2, -0.15) is 13.2 Å². The Morgan fingerprint density at radius 2 is 1.57 bits per heavy atom. The summed E-state index contributed by atoms with van der Waals surface area (Å²) in [4.78, 5) is 31.6. The minimum Gasteiger partial charge on any atom is -0.495 e. The molecule has 0 bridgehead atoms. The summed E-state index contributed by atoms with van der Waals surface area (Å²) in [6.45, 7) is 0. The number of rotatable bonds is 6. The molecule has 0 radical (unpaired) electrons. The number of hydrogen-bond acceptors (Lipinski definition) is 4. The maximum atomic E-state index is 13.9. The highest BCUT2D eigenvalue weighted by molar-refractivity contribution is 6.17. The molecular weight excluding hydrogens is 519 g/mol. The van der Waals surface area contributed by atoms with Gasteiger partial charge in [0.05, 0.1) is 29.6 Å². The Balaban J connectivity index is 1.78. The van der Waals surface area contributed by atoms with Gasteiger partial charge in [-0.3, -0.25) is 14.7 Å². The molecule has 0 unspecified atom stereocenters. The molecule has 0 aliphatic carbocycles. The van der Waals surface area contributed by atoms with Crippen LogP contribution < -0.4 is 15.4 Å². The first kappa shape index (κ1) is 26.4. The number of alkyl halides is 3. The lowest BCUT2D eigenvalue weighted by molar-refractivity contribution is -0.136. The van der Waals surface area contributed by atoms with Crippen LogP contribution in [0.15, 0.2) is 103 Å². The number of ketones is 1. The van der Waals surface area contributed by atoms with Gasteiger partial charge in [0.1, 0.15) is 5.75 Å². The van der Waals surface area contributed by atoms with Crippen molar-refractivity contribution in [2.75, 3.05) is 12.0 Å². The number of methoxy groups -OCH3 is 1. The Morgan fingerprint density at radius 1 is 0.875 bits per heavy atom. The van der Waals surface area contributed by atoms with Gasteiger partial charge in [0.25, 0.3) is 0 Å². The maximum absolute atomic E-state index is 13.9. The number of nitrogens with two attached hydrogens (primary N) is 1. The predicted octanol–water partition coefficient (Wildman–Crippen LogP) is 7.38. The number of aromatic nitrogens is 1. The molecule has 0 fully saturated rings. The van der Waals surface area contributed by atoms with Gasteiger partial charge < -0.3 is 10.5 Å². The third-order valence-corrected chi connectivity index (χ3v) is 6.42. The van der Waals surface area contributed by atoms with Crippen LogP contribution in [0.3, 0.4) is 0 Å². The Hall–Kier alpha value is -5.18. The van der Waals surface area contributed by atoms with Crippen molar-refractivity contribution in [3.05, 3.63) is 120 Å². The second kappa shape index (κ2) is 10.5. The first-order chi connectivity index (χ1) is 19.2. The Kier molecular flexibility index (Phi) is 6.96. The first-order valence-electron chi connectivity index (χ1n) is 12.1. The zero-order valence-electron chi connectivity index (χ0n) is 21.1. The number of carbonyl (C=O) groups excluding carboxylic acids is 2. The average Bonchev–Trinajstić information content (AvgIpc) is 2.96. The smallest absolute Gasteiger partial charge is 0.418 e. The number of para-hydroxylation sites is 3. The minimum atomic E-state index is -4.66. The molecule has 0 saturated heterocycles. The van der Waals surface area contributed by atoms with E-state index in [4.69, 9.17) is 10.5 Å². The van der Waals surface area contributed by atoms with Gasteiger partial charge in [-0.05, 0) is 35.9 Å². The van der Waals surface area contributed by atoms with Crippen molar-refractivity contribution in [1.82, 2.24) is 4.98 Å². The van der Waals surface area contributed by atoms with Crippen LogP contribution in [0.4, 0.5) is 29.3 Å². The molecule has 9 heteroatoms. The number of amides is 2. The summed E-state index contributed by atoms with van der Waals surface area (Å²) >= 11 is 0. The van der Waals surface area contributed by atoms with Crippen LogP contribution in [0.2, 0.25) is 0 Å². The zero-order chi connectivity index (χ0) is 28.4. The predicted molar refractivity (Wildman–Crippen MR) is 147 cm³/mol. The summed E-state index contributed by atoms with van der Waals surface area (Å²) in [6, 6.07) is 24.6. The molecule has 0 saturated carbocycles. The molecule has 200 valence electrons. The average molecular weight is 542 g/mol. The zero-order valence-corrected chi connectivity index (χ0v) is 21.1. The van der Waals surface area contributed by atoms with Gasteiger partial charge in [-0.25, -0.2) is 4.79 Å². The van der Waals surface area contributed by atoms with Crippen LogP contribution in [0.25, 0.3) is 22.0 Å². The lowest BCUT2D eigenvalue weighted by Gasteiger charge is -2.23. The second-order valence-corrected chi connectivity index (χ2v) is 8.84. The summed E-state index contributed by atoms with van der Waals surface area (Å²) in [5.74, 6) is -0.0277. The summed E-state index contributed by atoms with van der Waals surface area (Å²) in [5, 5.41) is 0.136. The van der Waals surface area contributed by atoms with Crippen LogP contribution in [-0.2, 0) is 6.18 Å². The van der Waals surface area contributed by atoms with E-state index >= 15 is 0 Å². The molecule has 5 aromatic rings. The van der Waals surface area contributed by atoms with Gasteiger partial charge in [-0.1, -0.05) is 66.7 Å². The number of carbonyl (C=O) groups is 2. The van der Waals surface area contributed by atoms with Gasteiger partial charge in [0, 0.05) is 28.3 Å². The van der Waals surface area contributed by atoms with E-state index in [-0.39, 0.29) is 22.0 Å². The largest absolute Gasteiger partial charge is 0.495 e. The summed E-state index contributed by atoms with van der Waals surface area (Å²) in [7, 11) is 1.46. The molecule has 40 heavy (non-hydrogen) atoms. The molecule has 0 aliphatic rings. The number of benzene rings is 4. The highest BCUT2D eigenvalue weighted by Crippen LogP contribution is 2.41. The fourth-order valence-electron chi connectivity index (χ4n) is 4.68. The molecular formula is C31H22F3N3O3. The lowest BCUT2D eigenvalue weighted by Crippen LogP contribution is -2.31. The quantitative estimate of drug-likeness (QED) is 0.227. The van der Waals surface area contributed by atoms with Crippen molar-refractivity contribution in [3.63, 3.8) is 0 Å². The summed E-state index contributed by atoms with van der Waals surface area (Å²) in [5.41, 5.74) is 6.34. The first-order valence-corrected chi connectivity index (χ1v) is 12.1. The van der Waals surface area contributed by atoms with Crippen LogP contribution in [-0.4, -0.2) is 23.9 Å². The molecule has 0 spiro atoms. The van der Waals surface area contributed by atoms with Crippen LogP contribution >= 0.6 is 0 Å². The van der Waals surface area contributed by atoms with Crippen molar-refractivity contribution < 1.29 is 27.5 Å². The molecule has 0 aliphatic heterocycles. The molecule has 2 amide bonds. The number of ether oxygens (including phenoxy) is 1. The van der Waals surface area contributed by atoms with Crippen molar-refractivity contribution >= 4 is 34.1 Å². The topological polar surface area (TPSA) is 85.5 Å². The van der Waals surface area contributed by atoms with E-state index in [0.29, 0.717) is 28.3 Å². The van der Waals surface area contributed by atoms with E-state index in [0.717, 1.165) is 6.07 Å². The number of primary amides is 1. The lowest BCUT2D eigenvalue weighted by atomic mass is 9.91. The number of hydrogen-bond donors (Lipinski definition) is 1.